The first kappa shape index (κ1) is 22.6. The van der Waals surface area contributed by atoms with Gasteiger partial charge in [-0.3, -0.25) is 4.79 Å². The van der Waals surface area contributed by atoms with Gasteiger partial charge in [0.05, 0.1) is 7.11 Å². The summed E-state index contributed by atoms with van der Waals surface area (Å²) in [7, 11) is 5.75. The molecule has 1 aliphatic rings. The third-order valence-electron chi connectivity index (χ3n) is 5.88. The predicted molar refractivity (Wildman–Crippen MR) is 125 cm³/mol. The van der Waals surface area contributed by atoms with Crippen molar-refractivity contribution in [1.82, 2.24) is 4.90 Å². The number of halogens is 1. The zero-order valence-corrected chi connectivity index (χ0v) is 19.4. The molecule has 0 saturated heterocycles. The molecule has 0 bridgehead atoms. The van der Waals surface area contributed by atoms with Gasteiger partial charge in [0.1, 0.15) is 5.75 Å². The van der Waals surface area contributed by atoms with Crippen LogP contribution in [-0.4, -0.2) is 45.1 Å². The van der Waals surface area contributed by atoms with Crippen LogP contribution in [0.2, 0.25) is 5.02 Å². The first-order chi connectivity index (χ1) is 14.3. The van der Waals surface area contributed by atoms with Crippen molar-refractivity contribution < 1.29 is 9.53 Å². The van der Waals surface area contributed by atoms with Gasteiger partial charge in [-0.25, -0.2) is 0 Å². The van der Waals surface area contributed by atoms with Gasteiger partial charge in [0.15, 0.2) is 0 Å². The van der Waals surface area contributed by atoms with Gasteiger partial charge in [0.25, 0.3) is 0 Å². The van der Waals surface area contributed by atoms with E-state index >= 15 is 0 Å². The topological polar surface area (TPSA) is 32.8 Å². The van der Waals surface area contributed by atoms with Crippen molar-refractivity contribution in [2.45, 2.75) is 32.6 Å². The van der Waals surface area contributed by atoms with Crippen molar-refractivity contribution in [2.24, 2.45) is 11.8 Å². The van der Waals surface area contributed by atoms with Crippen molar-refractivity contribution in [3.63, 3.8) is 0 Å². The number of nitrogens with zero attached hydrogens (tertiary/aromatic N) is 2. The van der Waals surface area contributed by atoms with Crippen molar-refractivity contribution in [2.75, 3.05) is 39.2 Å². The summed E-state index contributed by atoms with van der Waals surface area (Å²) in [5.41, 5.74) is 3.31. The van der Waals surface area contributed by atoms with Gasteiger partial charge in [0.2, 0.25) is 5.91 Å². The standard InChI is InChI=1S/C25H33ClN2O2/c1-17(2)14-23-22(18-6-9-21(30-5)10-7-18)16-19-15-20(26)8-11-24(19)28(25(23)29)13-12-27(3)4/h6-11,15,17,22-23H,12-14,16H2,1-5H3/t22-,23+/m1/s1. The van der Waals surface area contributed by atoms with Crippen LogP contribution in [0.25, 0.3) is 0 Å². The molecule has 5 heteroatoms. The summed E-state index contributed by atoms with van der Waals surface area (Å²) in [6.07, 6.45) is 1.65. The molecule has 162 valence electrons. The number of benzene rings is 2. The molecule has 1 aliphatic heterocycles. The maximum Gasteiger partial charge on any atom is 0.230 e. The normalized spacial score (nSPS) is 19.2. The van der Waals surface area contributed by atoms with E-state index in [1.165, 1.54) is 5.56 Å². The first-order valence-electron chi connectivity index (χ1n) is 10.7. The number of methoxy groups -OCH3 is 1. The summed E-state index contributed by atoms with van der Waals surface area (Å²) in [6, 6.07) is 14.1. The number of carbonyl (C=O) groups is 1. The van der Waals surface area contributed by atoms with E-state index in [1.807, 2.05) is 49.3 Å². The third kappa shape index (κ3) is 5.16. The molecule has 2 aromatic carbocycles. The lowest BCUT2D eigenvalue weighted by Gasteiger charge is -2.30. The van der Waals surface area contributed by atoms with Gasteiger partial charge < -0.3 is 14.5 Å². The van der Waals surface area contributed by atoms with Crippen LogP contribution in [0, 0.1) is 11.8 Å². The minimum atomic E-state index is -0.0771. The fourth-order valence-electron chi connectivity index (χ4n) is 4.36. The molecule has 0 aliphatic carbocycles. The van der Waals surface area contributed by atoms with Gasteiger partial charge in [-0.1, -0.05) is 37.6 Å². The highest BCUT2D eigenvalue weighted by Crippen LogP contribution is 2.41. The van der Waals surface area contributed by atoms with E-state index in [0.717, 1.165) is 36.4 Å². The van der Waals surface area contributed by atoms with Gasteiger partial charge in [-0.2, -0.15) is 0 Å². The lowest BCUT2D eigenvalue weighted by Crippen LogP contribution is -2.41. The Balaban J connectivity index is 2.08. The molecule has 0 spiro atoms. The van der Waals surface area contributed by atoms with Crippen LogP contribution in [0.4, 0.5) is 5.69 Å². The number of hydrogen-bond acceptors (Lipinski definition) is 3. The molecule has 0 fully saturated rings. The predicted octanol–water partition coefficient (Wildman–Crippen LogP) is 5.25. The summed E-state index contributed by atoms with van der Waals surface area (Å²) >= 11 is 6.37. The lowest BCUT2D eigenvalue weighted by atomic mass is 9.78. The Morgan fingerprint density at radius 2 is 1.87 bits per heavy atom. The van der Waals surface area contributed by atoms with E-state index in [0.29, 0.717) is 17.5 Å². The smallest absolute Gasteiger partial charge is 0.230 e. The molecule has 2 atom stereocenters. The van der Waals surface area contributed by atoms with Crippen LogP contribution in [0.5, 0.6) is 5.75 Å². The zero-order chi connectivity index (χ0) is 21.8. The van der Waals surface area contributed by atoms with Gasteiger partial charge in [-0.05, 0) is 80.2 Å². The fourth-order valence-corrected chi connectivity index (χ4v) is 4.55. The molecule has 0 saturated carbocycles. The Bertz CT molecular complexity index is 864. The molecule has 1 amide bonds. The molecule has 30 heavy (non-hydrogen) atoms. The van der Waals surface area contributed by atoms with Crippen LogP contribution >= 0.6 is 11.6 Å². The molecular weight excluding hydrogens is 396 g/mol. The van der Waals surface area contributed by atoms with Crippen molar-refractivity contribution >= 4 is 23.2 Å². The van der Waals surface area contributed by atoms with Crippen LogP contribution in [0.1, 0.15) is 37.3 Å². The van der Waals surface area contributed by atoms with Crippen LogP contribution in [0.15, 0.2) is 42.5 Å². The van der Waals surface area contributed by atoms with Crippen LogP contribution in [-0.2, 0) is 11.2 Å². The second kappa shape index (κ2) is 9.84. The summed E-state index contributed by atoms with van der Waals surface area (Å²) in [4.78, 5) is 18.0. The highest BCUT2D eigenvalue weighted by atomic mass is 35.5. The summed E-state index contributed by atoms with van der Waals surface area (Å²) in [5.74, 6) is 1.50. The highest BCUT2D eigenvalue weighted by molar-refractivity contribution is 6.30. The molecule has 2 aromatic rings. The van der Waals surface area contributed by atoms with E-state index in [1.54, 1.807) is 7.11 Å². The number of carbonyl (C=O) groups excluding carboxylic acids is 1. The second-order valence-electron chi connectivity index (χ2n) is 8.89. The molecule has 0 N–H and O–H groups in total. The Kier molecular flexibility index (Phi) is 7.43. The molecule has 4 nitrogen and oxygen atoms in total. The first-order valence-corrected chi connectivity index (χ1v) is 11.1. The van der Waals surface area contributed by atoms with E-state index in [-0.39, 0.29) is 17.7 Å². The molecular formula is C25H33ClN2O2. The Morgan fingerprint density at radius 3 is 2.47 bits per heavy atom. The van der Waals surface area contributed by atoms with E-state index in [9.17, 15) is 4.79 Å². The Hall–Kier alpha value is -2.04. The lowest BCUT2D eigenvalue weighted by molar-refractivity contribution is -0.123. The largest absolute Gasteiger partial charge is 0.497 e. The van der Waals surface area contributed by atoms with Crippen molar-refractivity contribution in [3.05, 3.63) is 58.6 Å². The SMILES string of the molecule is COc1ccc([C@H]2Cc3cc(Cl)ccc3N(CCN(C)C)C(=O)[C@H]2CC(C)C)cc1. The summed E-state index contributed by atoms with van der Waals surface area (Å²) in [6.45, 7) is 5.87. The third-order valence-corrected chi connectivity index (χ3v) is 6.12. The minimum Gasteiger partial charge on any atom is -0.497 e. The molecule has 0 unspecified atom stereocenters. The Labute approximate surface area is 185 Å². The van der Waals surface area contributed by atoms with Crippen LogP contribution in [0.3, 0.4) is 0 Å². The number of ether oxygens (including phenoxy) is 1. The maximum atomic E-state index is 13.9. The number of fused-ring (bicyclic) bond motifs is 1. The number of amides is 1. The summed E-state index contributed by atoms with van der Waals surface area (Å²) < 4.78 is 5.34. The van der Waals surface area contributed by atoms with Crippen LogP contribution < -0.4 is 9.64 Å². The number of anilines is 1. The van der Waals surface area contributed by atoms with Gasteiger partial charge >= 0.3 is 0 Å². The second-order valence-corrected chi connectivity index (χ2v) is 9.32. The molecule has 0 aromatic heterocycles. The van der Waals surface area contributed by atoms with Gasteiger partial charge in [-0.15, -0.1) is 0 Å². The van der Waals surface area contributed by atoms with Gasteiger partial charge in [0, 0.05) is 29.7 Å². The average Bonchev–Trinajstić information content (AvgIpc) is 2.81. The van der Waals surface area contributed by atoms with E-state index in [4.69, 9.17) is 16.3 Å². The van der Waals surface area contributed by atoms with Crippen molar-refractivity contribution in [1.29, 1.82) is 0 Å². The minimum absolute atomic E-state index is 0.0771. The summed E-state index contributed by atoms with van der Waals surface area (Å²) in [5, 5.41) is 0.713. The molecule has 1 heterocycles. The zero-order valence-electron chi connectivity index (χ0n) is 18.7. The Morgan fingerprint density at radius 1 is 1.17 bits per heavy atom. The average molecular weight is 429 g/mol. The number of rotatable bonds is 7. The number of likely N-dealkylation sites (N-methyl/N-ethyl adjacent to an activating group) is 1. The van der Waals surface area contributed by atoms with E-state index < -0.39 is 0 Å². The number of hydrogen-bond donors (Lipinski definition) is 0. The monoisotopic (exact) mass is 428 g/mol. The maximum absolute atomic E-state index is 13.9. The molecule has 3 rings (SSSR count). The molecule has 0 radical (unpaired) electrons. The van der Waals surface area contributed by atoms with Crippen molar-refractivity contribution in [3.8, 4) is 5.75 Å². The quantitative estimate of drug-likeness (QED) is 0.604. The highest BCUT2D eigenvalue weighted by Gasteiger charge is 2.38. The fraction of sp³-hybridized carbons (Fsp3) is 0.480. The van der Waals surface area contributed by atoms with E-state index in [2.05, 4.69) is 30.9 Å².